The second-order valence-corrected chi connectivity index (χ2v) is 6.69. The second kappa shape index (κ2) is 7.04. The molecule has 0 aliphatic carbocycles. The number of nitriles is 1. The summed E-state index contributed by atoms with van der Waals surface area (Å²) in [5.74, 6) is 0.898. The van der Waals surface area contributed by atoms with Gasteiger partial charge in [-0.15, -0.1) is 0 Å². The van der Waals surface area contributed by atoms with Crippen molar-refractivity contribution >= 4 is 11.5 Å². The Labute approximate surface area is 158 Å². The molecule has 3 heterocycles. The van der Waals surface area contributed by atoms with Gasteiger partial charge in [0.1, 0.15) is 23.3 Å². The lowest BCUT2D eigenvalue weighted by molar-refractivity contribution is 0.949. The van der Waals surface area contributed by atoms with E-state index in [1.165, 1.54) is 18.5 Å². The first kappa shape index (κ1) is 17.0. The molecule has 0 radical (unpaired) electrons. The van der Waals surface area contributed by atoms with Gasteiger partial charge < -0.3 is 10.6 Å². The van der Waals surface area contributed by atoms with Crippen LogP contribution in [0.5, 0.6) is 0 Å². The number of benzene rings is 1. The molecule has 0 saturated carbocycles. The zero-order valence-corrected chi connectivity index (χ0v) is 15.2. The summed E-state index contributed by atoms with van der Waals surface area (Å²) in [6, 6.07) is 12.4. The number of nitrogens with zero attached hydrogens (tertiary/aromatic N) is 5. The standard InChI is InChI=1S/C21H20N6/c1-14-24-12-16(13-25-14)18-10-20(26-21(23)19(18)11-22)15-5-4-6-17(9-15)27-7-2-3-8-27/h4-6,9-10,12-13H,2-3,7-8H2,1H3,(H2,23,26). The normalized spacial score (nSPS) is 13.6. The van der Waals surface area contributed by atoms with Crippen LogP contribution >= 0.6 is 0 Å². The summed E-state index contributed by atoms with van der Waals surface area (Å²) in [6.45, 7) is 3.99. The largest absolute Gasteiger partial charge is 0.383 e. The first-order valence-corrected chi connectivity index (χ1v) is 9.01. The number of hydrogen-bond acceptors (Lipinski definition) is 6. The van der Waals surface area contributed by atoms with Gasteiger partial charge in [-0.2, -0.15) is 5.26 Å². The van der Waals surface area contributed by atoms with Crippen molar-refractivity contribution in [2.24, 2.45) is 0 Å². The number of pyridine rings is 1. The molecule has 0 amide bonds. The Hall–Kier alpha value is -3.46. The summed E-state index contributed by atoms with van der Waals surface area (Å²) in [5, 5.41) is 9.55. The molecule has 0 atom stereocenters. The van der Waals surface area contributed by atoms with Crippen molar-refractivity contribution in [3.8, 4) is 28.5 Å². The Morgan fingerprint density at radius 2 is 1.81 bits per heavy atom. The maximum atomic E-state index is 9.55. The van der Waals surface area contributed by atoms with Crippen molar-refractivity contribution in [1.82, 2.24) is 15.0 Å². The summed E-state index contributed by atoms with van der Waals surface area (Å²) in [5.41, 5.74) is 10.8. The minimum atomic E-state index is 0.220. The van der Waals surface area contributed by atoms with Crippen molar-refractivity contribution in [2.45, 2.75) is 19.8 Å². The van der Waals surface area contributed by atoms with Gasteiger partial charge in [0.05, 0.1) is 5.69 Å². The summed E-state index contributed by atoms with van der Waals surface area (Å²) < 4.78 is 0. The number of aryl methyl sites for hydroxylation is 1. The van der Waals surface area contributed by atoms with Crippen LogP contribution in [-0.4, -0.2) is 28.0 Å². The smallest absolute Gasteiger partial charge is 0.142 e. The monoisotopic (exact) mass is 356 g/mol. The highest BCUT2D eigenvalue weighted by Crippen LogP contribution is 2.32. The predicted molar refractivity (Wildman–Crippen MR) is 106 cm³/mol. The topological polar surface area (TPSA) is 91.7 Å². The molecular weight excluding hydrogens is 336 g/mol. The van der Waals surface area contributed by atoms with Gasteiger partial charge >= 0.3 is 0 Å². The Bertz CT molecular complexity index is 1010. The molecular formula is C21H20N6. The first-order valence-electron chi connectivity index (χ1n) is 9.01. The molecule has 27 heavy (non-hydrogen) atoms. The number of hydrogen-bond donors (Lipinski definition) is 1. The average Bonchev–Trinajstić information content (AvgIpc) is 3.23. The lowest BCUT2D eigenvalue weighted by atomic mass is 10.00. The third kappa shape index (κ3) is 3.32. The molecule has 1 aliphatic rings. The fourth-order valence-electron chi connectivity index (χ4n) is 3.43. The minimum Gasteiger partial charge on any atom is -0.383 e. The van der Waals surface area contributed by atoms with E-state index in [1.807, 2.05) is 25.1 Å². The van der Waals surface area contributed by atoms with E-state index in [1.54, 1.807) is 12.4 Å². The van der Waals surface area contributed by atoms with Crippen LogP contribution < -0.4 is 10.6 Å². The highest BCUT2D eigenvalue weighted by atomic mass is 15.1. The molecule has 2 N–H and O–H groups in total. The van der Waals surface area contributed by atoms with Gasteiger partial charge in [-0.05, 0) is 38.0 Å². The average molecular weight is 356 g/mol. The van der Waals surface area contributed by atoms with E-state index in [2.05, 4.69) is 38.1 Å². The molecule has 3 aromatic rings. The van der Waals surface area contributed by atoms with Crippen LogP contribution in [0.1, 0.15) is 24.2 Å². The van der Waals surface area contributed by atoms with Gasteiger partial charge in [-0.25, -0.2) is 15.0 Å². The van der Waals surface area contributed by atoms with Crippen LogP contribution in [0.15, 0.2) is 42.7 Å². The van der Waals surface area contributed by atoms with Crippen LogP contribution in [0, 0.1) is 18.3 Å². The molecule has 1 aromatic carbocycles. The van der Waals surface area contributed by atoms with Crippen molar-refractivity contribution in [3.05, 3.63) is 54.1 Å². The van der Waals surface area contributed by atoms with E-state index in [0.717, 1.165) is 29.9 Å². The fourth-order valence-corrected chi connectivity index (χ4v) is 3.43. The number of nitrogens with two attached hydrogens (primary N) is 1. The Balaban J connectivity index is 1.81. The number of aromatic nitrogens is 3. The number of rotatable bonds is 3. The molecule has 6 nitrogen and oxygen atoms in total. The Morgan fingerprint density at radius 3 is 2.52 bits per heavy atom. The number of anilines is 2. The van der Waals surface area contributed by atoms with Gasteiger partial charge in [0.2, 0.25) is 0 Å². The van der Waals surface area contributed by atoms with E-state index in [4.69, 9.17) is 5.73 Å². The maximum Gasteiger partial charge on any atom is 0.142 e. The lowest BCUT2D eigenvalue weighted by Gasteiger charge is -2.18. The third-order valence-electron chi connectivity index (χ3n) is 4.86. The second-order valence-electron chi connectivity index (χ2n) is 6.69. The summed E-state index contributed by atoms with van der Waals surface area (Å²) >= 11 is 0. The van der Waals surface area contributed by atoms with Gasteiger partial charge in [-0.1, -0.05) is 12.1 Å². The zero-order valence-electron chi connectivity index (χ0n) is 15.2. The molecule has 1 aliphatic heterocycles. The molecule has 0 spiro atoms. The van der Waals surface area contributed by atoms with Crippen molar-refractivity contribution in [2.75, 3.05) is 23.7 Å². The highest BCUT2D eigenvalue weighted by Gasteiger charge is 2.16. The van der Waals surface area contributed by atoms with Crippen LogP contribution in [0.3, 0.4) is 0 Å². The quantitative estimate of drug-likeness (QED) is 0.771. The molecule has 1 fully saturated rings. The molecule has 1 saturated heterocycles. The fraction of sp³-hybridized carbons (Fsp3) is 0.238. The van der Waals surface area contributed by atoms with E-state index < -0.39 is 0 Å². The van der Waals surface area contributed by atoms with Crippen molar-refractivity contribution in [1.29, 1.82) is 5.26 Å². The molecule has 4 rings (SSSR count). The Morgan fingerprint density at radius 1 is 1.07 bits per heavy atom. The summed E-state index contributed by atoms with van der Waals surface area (Å²) in [6.07, 6.45) is 5.87. The first-order chi connectivity index (χ1) is 13.2. The lowest BCUT2D eigenvalue weighted by Crippen LogP contribution is -2.17. The predicted octanol–water partition coefficient (Wildman–Crippen LogP) is 3.57. The van der Waals surface area contributed by atoms with E-state index in [-0.39, 0.29) is 5.82 Å². The molecule has 134 valence electrons. The minimum absolute atomic E-state index is 0.220. The van der Waals surface area contributed by atoms with Crippen LogP contribution in [0.4, 0.5) is 11.5 Å². The molecule has 2 aromatic heterocycles. The van der Waals surface area contributed by atoms with Gasteiger partial charge in [0.15, 0.2) is 0 Å². The molecule has 0 bridgehead atoms. The van der Waals surface area contributed by atoms with Gasteiger partial charge in [-0.3, -0.25) is 0 Å². The SMILES string of the molecule is Cc1ncc(-c2cc(-c3cccc(N4CCCC4)c3)nc(N)c2C#N)cn1. The highest BCUT2D eigenvalue weighted by molar-refractivity contribution is 5.80. The maximum absolute atomic E-state index is 9.55. The van der Waals surface area contributed by atoms with E-state index in [0.29, 0.717) is 17.0 Å². The summed E-state index contributed by atoms with van der Waals surface area (Å²) in [4.78, 5) is 15.3. The molecule has 0 unspecified atom stereocenters. The number of nitrogen functional groups attached to an aromatic ring is 1. The summed E-state index contributed by atoms with van der Waals surface area (Å²) in [7, 11) is 0. The van der Waals surface area contributed by atoms with Crippen LogP contribution in [0.25, 0.3) is 22.4 Å². The van der Waals surface area contributed by atoms with Crippen LogP contribution in [-0.2, 0) is 0 Å². The van der Waals surface area contributed by atoms with Crippen LogP contribution in [0.2, 0.25) is 0 Å². The van der Waals surface area contributed by atoms with E-state index in [9.17, 15) is 5.26 Å². The van der Waals surface area contributed by atoms with Gasteiger partial charge in [0.25, 0.3) is 0 Å². The van der Waals surface area contributed by atoms with E-state index >= 15 is 0 Å². The van der Waals surface area contributed by atoms with Crippen molar-refractivity contribution < 1.29 is 0 Å². The van der Waals surface area contributed by atoms with Gasteiger partial charge in [0, 0.05) is 47.9 Å². The Kier molecular flexibility index (Phi) is 4.43. The molecule has 6 heteroatoms. The third-order valence-corrected chi connectivity index (χ3v) is 4.86. The zero-order chi connectivity index (χ0) is 18.8. The van der Waals surface area contributed by atoms with Crippen molar-refractivity contribution in [3.63, 3.8) is 0 Å².